The van der Waals surface area contributed by atoms with Crippen LogP contribution in [-0.2, 0) is 9.59 Å². The molecule has 0 radical (unpaired) electrons. The molecule has 0 aliphatic rings. The van der Waals surface area contributed by atoms with Crippen LogP contribution >= 0.6 is 11.6 Å². The van der Waals surface area contributed by atoms with Crippen LogP contribution in [0.5, 0.6) is 11.5 Å². The molecule has 0 aromatic heterocycles. The van der Waals surface area contributed by atoms with Crippen LogP contribution in [0.2, 0.25) is 5.02 Å². The lowest BCUT2D eigenvalue weighted by Gasteiger charge is -2.18. The van der Waals surface area contributed by atoms with E-state index in [0.717, 1.165) is 5.69 Å². The molecule has 0 unspecified atom stereocenters. The normalized spacial score (nSPS) is 10.2. The van der Waals surface area contributed by atoms with E-state index in [4.69, 9.17) is 26.2 Å². The maximum atomic E-state index is 12.4. The van der Waals surface area contributed by atoms with Gasteiger partial charge in [-0.15, -0.1) is 0 Å². The average molecular weight is 393 g/mol. The van der Waals surface area contributed by atoms with E-state index in [-0.39, 0.29) is 12.3 Å². The molecule has 7 nitrogen and oxygen atoms in total. The molecule has 144 valence electrons. The lowest BCUT2D eigenvalue weighted by molar-refractivity contribution is -0.139. The summed E-state index contributed by atoms with van der Waals surface area (Å²) < 4.78 is 10.3. The SMILES string of the molecule is COc1ccc(Cl)cc1NCCC(=O)N(C)c1ccc(OCC(=O)O)cc1. The van der Waals surface area contributed by atoms with E-state index in [9.17, 15) is 9.59 Å². The number of halogens is 1. The maximum Gasteiger partial charge on any atom is 0.341 e. The van der Waals surface area contributed by atoms with E-state index >= 15 is 0 Å². The summed E-state index contributed by atoms with van der Waals surface area (Å²) >= 11 is 5.98. The van der Waals surface area contributed by atoms with Crippen LogP contribution in [0.25, 0.3) is 0 Å². The van der Waals surface area contributed by atoms with Gasteiger partial charge in [0.1, 0.15) is 11.5 Å². The summed E-state index contributed by atoms with van der Waals surface area (Å²) in [7, 11) is 3.24. The standard InChI is InChI=1S/C19H21ClN2O5/c1-22(14-4-6-15(7-5-14)27-12-19(24)25)18(23)9-10-21-16-11-13(20)3-8-17(16)26-2/h3-8,11,21H,9-10,12H2,1-2H3,(H,24,25). The van der Waals surface area contributed by atoms with Gasteiger partial charge in [0.2, 0.25) is 5.91 Å². The third-order valence-electron chi connectivity index (χ3n) is 3.78. The molecule has 2 aromatic rings. The van der Waals surface area contributed by atoms with Crippen molar-refractivity contribution >= 4 is 34.9 Å². The number of carbonyl (C=O) groups excluding carboxylic acids is 1. The van der Waals surface area contributed by atoms with E-state index in [2.05, 4.69) is 5.32 Å². The molecule has 2 N–H and O–H groups in total. The van der Waals surface area contributed by atoms with Crippen LogP contribution in [0.3, 0.4) is 0 Å². The summed E-state index contributed by atoms with van der Waals surface area (Å²) in [6.45, 7) is 0.00638. The Morgan fingerprint density at radius 2 is 1.89 bits per heavy atom. The smallest absolute Gasteiger partial charge is 0.341 e. The molecule has 2 aromatic carbocycles. The number of benzene rings is 2. The highest BCUT2D eigenvalue weighted by atomic mass is 35.5. The summed E-state index contributed by atoms with van der Waals surface area (Å²) in [6.07, 6.45) is 0.267. The quantitative estimate of drug-likeness (QED) is 0.681. The Morgan fingerprint density at radius 1 is 1.19 bits per heavy atom. The van der Waals surface area contributed by atoms with Crippen LogP contribution < -0.4 is 19.7 Å². The predicted molar refractivity (Wildman–Crippen MR) is 104 cm³/mol. The molecule has 0 aliphatic carbocycles. The highest BCUT2D eigenvalue weighted by Gasteiger charge is 2.12. The zero-order valence-corrected chi connectivity index (χ0v) is 15.8. The number of methoxy groups -OCH3 is 1. The van der Waals surface area contributed by atoms with Gasteiger partial charge >= 0.3 is 5.97 Å². The molecule has 0 atom stereocenters. The van der Waals surface area contributed by atoms with Gasteiger partial charge in [0.05, 0.1) is 12.8 Å². The number of nitrogens with one attached hydrogen (secondary N) is 1. The van der Waals surface area contributed by atoms with Crippen LogP contribution in [0.15, 0.2) is 42.5 Å². The Morgan fingerprint density at radius 3 is 2.52 bits per heavy atom. The second-order valence-corrected chi connectivity index (χ2v) is 6.09. The number of hydrogen-bond donors (Lipinski definition) is 2. The van der Waals surface area contributed by atoms with Gasteiger partial charge in [-0.2, -0.15) is 0 Å². The van der Waals surface area contributed by atoms with Crippen molar-refractivity contribution in [3.05, 3.63) is 47.5 Å². The molecular weight excluding hydrogens is 372 g/mol. The van der Waals surface area contributed by atoms with Crippen LogP contribution in [-0.4, -0.2) is 44.3 Å². The number of aliphatic carboxylic acids is 1. The van der Waals surface area contributed by atoms with E-state index in [1.54, 1.807) is 56.6 Å². The molecule has 27 heavy (non-hydrogen) atoms. The Bertz CT molecular complexity index is 795. The minimum absolute atomic E-state index is 0.0808. The van der Waals surface area contributed by atoms with Gasteiger partial charge in [0.25, 0.3) is 0 Å². The number of rotatable bonds is 9. The monoisotopic (exact) mass is 392 g/mol. The number of ether oxygens (including phenoxy) is 2. The van der Waals surface area contributed by atoms with Crippen molar-refractivity contribution in [3.8, 4) is 11.5 Å². The number of amides is 1. The first-order valence-electron chi connectivity index (χ1n) is 8.19. The number of carboxylic acid groups (broad SMARTS) is 1. The van der Waals surface area contributed by atoms with Crippen molar-refractivity contribution < 1.29 is 24.2 Å². The summed E-state index contributed by atoms with van der Waals surface area (Å²) in [5.74, 6) is -0.0493. The van der Waals surface area contributed by atoms with Gasteiger partial charge in [0.15, 0.2) is 6.61 Å². The zero-order chi connectivity index (χ0) is 19.8. The van der Waals surface area contributed by atoms with Crippen molar-refractivity contribution in [3.63, 3.8) is 0 Å². The third kappa shape index (κ3) is 6.07. The molecule has 0 heterocycles. The molecule has 0 fully saturated rings. The van der Waals surface area contributed by atoms with E-state index in [1.165, 1.54) is 4.90 Å². The highest BCUT2D eigenvalue weighted by Crippen LogP contribution is 2.27. The summed E-state index contributed by atoms with van der Waals surface area (Å²) in [5.41, 5.74) is 1.41. The summed E-state index contributed by atoms with van der Waals surface area (Å²) in [5, 5.41) is 12.3. The van der Waals surface area contributed by atoms with Gasteiger partial charge in [0, 0.05) is 30.7 Å². The Labute approximate surface area is 162 Å². The van der Waals surface area contributed by atoms with E-state index < -0.39 is 12.6 Å². The molecule has 0 saturated heterocycles. The summed E-state index contributed by atoms with van der Waals surface area (Å²) in [4.78, 5) is 24.4. The zero-order valence-electron chi connectivity index (χ0n) is 15.1. The van der Waals surface area contributed by atoms with Gasteiger partial charge < -0.3 is 24.8 Å². The first-order valence-corrected chi connectivity index (χ1v) is 8.57. The van der Waals surface area contributed by atoms with Crippen LogP contribution in [0, 0.1) is 0 Å². The van der Waals surface area contributed by atoms with Crippen molar-refractivity contribution in [1.82, 2.24) is 0 Å². The second-order valence-electron chi connectivity index (χ2n) is 5.65. The van der Waals surface area contributed by atoms with Crippen LogP contribution in [0.4, 0.5) is 11.4 Å². The van der Waals surface area contributed by atoms with Gasteiger partial charge in [-0.05, 0) is 42.5 Å². The second kappa shape index (κ2) is 9.68. The summed E-state index contributed by atoms with van der Waals surface area (Å²) in [6, 6.07) is 11.9. The largest absolute Gasteiger partial charge is 0.495 e. The van der Waals surface area contributed by atoms with Gasteiger partial charge in [-0.3, -0.25) is 4.79 Å². The minimum Gasteiger partial charge on any atom is -0.495 e. The average Bonchev–Trinajstić information content (AvgIpc) is 2.66. The van der Waals surface area contributed by atoms with E-state index in [0.29, 0.717) is 28.8 Å². The minimum atomic E-state index is -1.05. The number of carboxylic acids is 1. The lowest BCUT2D eigenvalue weighted by Crippen LogP contribution is -2.27. The third-order valence-corrected chi connectivity index (χ3v) is 4.01. The molecule has 0 saturated carbocycles. The molecule has 1 amide bonds. The van der Waals surface area contributed by atoms with Gasteiger partial charge in [-0.1, -0.05) is 11.6 Å². The van der Waals surface area contributed by atoms with Crippen molar-refractivity contribution in [2.24, 2.45) is 0 Å². The number of carbonyl (C=O) groups is 2. The first kappa shape index (κ1) is 20.4. The number of nitrogens with zero attached hydrogens (tertiary/aromatic N) is 1. The van der Waals surface area contributed by atoms with Crippen LogP contribution in [0.1, 0.15) is 6.42 Å². The first-order chi connectivity index (χ1) is 12.9. The molecule has 0 aliphatic heterocycles. The Hall–Kier alpha value is -2.93. The molecular formula is C19H21ClN2O5. The maximum absolute atomic E-state index is 12.4. The fraction of sp³-hybridized carbons (Fsp3) is 0.263. The molecule has 8 heteroatoms. The molecule has 2 rings (SSSR count). The van der Waals surface area contributed by atoms with Crippen molar-refractivity contribution in [1.29, 1.82) is 0 Å². The highest BCUT2D eigenvalue weighted by molar-refractivity contribution is 6.30. The number of hydrogen-bond acceptors (Lipinski definition) is 5. The lowest BCUT2D eigenvalue weighted by atomic mass is 10.2. The Kier molecular flexibility index (Phi) is 7.31. The molecule has 0 bridgehead atoms. The fourth-order valence-electron chi connectivity index (χ4n) is 2.35. The topological polar surface area (TPSA) is 88.1 Å². The fourth-order valence-corrected chi connectivity index (χ4v) is 2.52. The number of anilines is 2. The predicted octanol–water partition coefficient (Wildman–Crippen LogP) is 3.28. The van der Waals surface area contributed by atoms with Gasteiger partial charge in [-0.25, -0.2) is 4.79 Å². The van der Waals surface area contributed by atoms with E-state index in [1.807, 2.05) is 0 Å². The van der Waals surface area contributed by atoms with Crippen molar-refractivity contribution in [2.75, 3.05) is 37.5 Å². The Balaban J connectivity index is 1.88. The van der Waals surface area contributed by atoms with Crippen molar-refractivity contribution in [2.45, 2.75) is 6.42 Å². The molecule has 0 spiro atoms.